The molecule has 0 radical (unpaired) electrons. The summed E-state index contributed by atoms with van der Waals surface area (Å²) in [6.45, 7) is 2.91. The minimum atomic E-state index is -1.22. The van der Waals surface area contributed by atoms with Gasteiger partial charge in [-0.25, -0.2) is 4.79 Å². The van der Waals surface area contributed by atoms with E-state index in [9.17, 15) is 14.7 Å². The first-order chi connectivity index (χ1) is 15.0. The number of nitrogens with one attached hydrogen (secondary N) is 1. The fourth-order valence-electron chi connectivity index (χ4n) is 2.82. The highest BCUT2D eigenvalue weighted by Crippen LogP contribution is 2.18. The smallest absolute Gasteiger partial charge is 0.352 e. The average molecular weight is 417 g/mol. The van der Waals surface area contributed by atoms with E-state index < -0.39 is 11.9 Å². The van der Waals surface area contributed by atoms with Gasteiger partial charge < -0.3 is 19.9 Å². The third kappa shape index (κ3) is 6.47. The highest BCUT2D eigenvalue weighted by atomic mass is 16.5. The van der Waals surface area contributed by atoms with Crippen LogP contribution in [0.5, 0.6) is 11.5 Å². The molecule has 0 atom stereocenters. The molecule has 0 fully saturated rings. The number of aliphatic carboxylic acids is 1. The van der Waals surface area contributed by atoms with Crippen LogP contribution < -0.4 is 14.8 Å². The van der Waals surface area contributed by atoms with Crippen LogP contribution in [0, 0.1) is 0 Å². The van der Waals surface area contributed by atoms with Gasteiger partial charge in [-0.3, -0.25) is 4.79 Å². The van der Waals surface area contributed by atoms with Crippen LogP contribution in [0.15, 0.2) is 84.6 Å². The summed E-state index contributed by atoms with van der Waals surface area (Å²) in [5.41, 5.74) is 1.77. The van der Waals surface area contributed by atoms with Crippen molar-refractivity contribution in [1.82, 2.24) is 5.32 Å². The van der Waals surface area contributed by atoms with Gasteiger partial charge in [0.2, 0.25) is 0 Å². The van der Waals surface area contributed by atoms with Crippen molar-refractivity contribution in [2.24, 2.45) is 0 Å². The number of rotatable bonds is 9. The minimum absolute atomic E-state index is 0.213. The maximum absolute atomic E-state index is 12.2. The molecule has 31 heavy (non-hydrogen) atoms. The fraction of sp³-hybridized carbons (Fsp3) is 0.120. The number of benzene rings is 3. The van der Waals surface area contributed by atoms with Gasteiger partial charge in [0.05, 0.1) is 6.61 Å². The van der Waals surface area contributed by atoms with Gasteiger partial charge in [0.25, 0.3) is 5.91 Å². The molecular weight excluding hydrogens is 394 g/mol. The summed E-state index contributed by atoms with van der Waals surface area (Å²) in [5.74, 6) is -0.269. The van der Waals surface area contributed by atoms with Gasteiger partial charge in [-0.05, 0) is 60.5 Å². The first-order valence-corrected chi connectivity index (χ1v) is 9.81. The largest absolute Gasteiger partial charge is 0.494 e. The molecular formula is C25H23NO5. The Labute approximate surface area is 180 Å². The van der Waals surface area contributed by atoms with Crippen LogP contribution in [0.25, 0.3) is 6.08 Å². The van der Waals surface area contributed by atoms with Crippen molar-refractivity contribution in [3.8, 4) is 11.5 Å². The molecule has 0 aliphatic carbocycles. The fourth-order valence-corrected chi connectivity index (χ4v) is 2.82. The van der Waals surface area contributed by atoms with Gasteiger partial charge in [-0.1, -0.05) is 42.5 Å². The van der Waals surface area contributed by atoms with Gasteiger partial charge in [0, 0.05) is 5.56 Å². The van der Waals surface area contributed by atoms with E-state index in [2.05, 4.69) is 5.32 Å². The third-order valence-corrected chi connectivity index (χ3v) is 4.32. The van der Waals surface area contributed by atoms with Crippen LogP contribution in [-0.4, -0.2) is 23.6 Å². The normalized spacial score (nSPS) is 10.9. The molecule has 3 aromatic carbocycles. The van der Waals surface area contributed by atoms with Gasteiger partial charge in [-0.15, -0.1) is 0 Å². The Bertz CT molecular complexity index is 1060. The molecule has 0 unspecified atom stereocenters. The van der Waals surface area contributed by atoms with Gasteiger partial charge in [-0.2, -0.15) is 0 Å². The van der Waals surface area contributed by atoms with E-state index >= 15 is 0 Å². The Hall–Kier alpha value is -4.06. The van der Waals surface area contributed by atoms with Gasteiger partial charge in [0.15, 0.2) is 0 Å². The SMILES string of the molecule is CCOc1cccc(COc2ccc(/C=C(/NC(=O)c3ccccc3)C(=O)O)cc2)c1. The summed E-state index contributed by atoms with van der Waals surface area (Å²) in [6.07, 6.45) is 1.40. The second kappa shape index (κ2) is 10.6. The molecule has 0 bridgehead atoms. The summed E-state index contributed by atoms with van der Waals surface area (Å²) in [5, 5.41) is 11.9. The van der Waals surface area contributed by atoms with Crippen LogP contribution in [-0.2, 0) is 11.4 Å². The van der Waals surface area contributed by atoms with E-state index in [1.54, 1.807) is 54.6 Å². The molecule has 2 N–H and O–H groups in total. The van der Waals surface area contributed by atoms with Gasteiger partial charge in [0.1, 0.15) is 23.8 Å². The molecule has 0 heterocycles. The molecule has 0 aliphatic heterocycles. The molecule has 3 rings (SSSR count). The predicted octanol–water partition coefficient (Wildman–Crippen LogP) is 4.52. The Kier molecular flexibility index (Phi) is 7.43. The zero-order chi connectivity index (χ0) is 22.1. The summed E-state index contributed by atoms with van der Waals surface area (Å²) in [7, 11) is 0. The first kappa shape index (κ1) is 21.6. The molecule has 6 heteroatoms. The lowest BCUT2D eigenvalue weighted by molar-refractivity contribution is -0.132. The number of carboxylic acids is 1. The van der Waals surface area contributed by atoms with Crippen LogP contribution >= 0.6 is 0 Å². The van der Waals surface area contributed by atoms with Crippen LogP contribution in [0.4, 0.5) is 0 Å². The zero-order valence-electron chi connectivity index (χ0n) is 17.1. The average Bonchev–Trinajstić information content (AvgIpc) is 2.79. The van der Waals surface area contributed by atoms with E-state index in [1.807, 2.05) is 31.2 Å². The van der Waals surface area contributed by atoms with Gasteiger partial charge >= 0.3 is 5.97 Å². The lowest BCUT2D eigenvalue weighted by Crippen LogP contribution is -2.27. The Morgan fingerprint density at radius 3 is 2.32 bits per heavy atom. The third-order valence-electron chi connectivity index (χ3n) is 4.32. The molecule has 0 aromatic heterocycles. The monoisotopic (exact) mass is 417 g/mol. The summed E-state index contributed by atoms with van der Waals surface area (Å²) < 4.78 is 11.3. The maximum atomic E-state index is 12.2. The second-order valence-electron chi connectivity index (χ2n) is 6.62. The van der Waals surface area contributed by atoms with Crippen molar-refractivity contribution in [1.29, 1.82) is 0 Å². The Morgan fingerprint density at radius 2 is 1.65 bits per heavy atom. The van der Waals surface area contributed by atoms with Crippen molar-refractivity contribution < 1.29 is 24.2 Å². The van der Waals surface area contributed by atoms with E-state index in [0.717, 1.165) is 11.3 Å². The van der Waals surface area contributed by atoms with Crippen molar-refractivity contribution >= 4 is 18.0 Å². The number of carbonyl (C=O) groups excluding carboxylic acids is 1. The van der Waals surface area contributed by atoms with Crippen molar-refractivity contribution in [3.63, 3.8) is 0 Å². The molecule has 6 nitrogen and oxygen atoms in total. The van der Waals surface area contributed by atoms with Crippen molar-refractivity contribution in [2.45, 2.75) is 13.5 Å². The molecule has 1 amide bonds. The number of carbonyl (C=O) groups is 2. The first-order valence-electron chi connectivity index (χ1n) is 9.81. The highest BCUT2D eigenvalue weighted by molar-refractivity contribution is 6.02. The van der Waals surface area contributed by atoms with Crippen molar-refractivity contribution in [2.75, 3.05) is 6.61 Å². The highest BCUT2D eigenvalue weighted by Gasteiger charge is 2.13. The molecule has 0 saturated carbocycles. The van der Waals surface area contributed by atoms with E-state index in [-0.39, 0.29) is 5.70 Å². The van der Waals surface area contributed by atoms with E-state index in [4.69, 9.17) is 9.47 Å². The Morgan fingerprint density at radius 1 is 0.903 bits per heavy atom. The zero-order valence-corrected chi connectivity index (χ0v) is 17.1. The summed E-state index contributed by atoms with van der Waals surface area (Å²) in [6, 6.07) is 23.1. The molecule has 158 valence electrons. The van der Waals surface area contributed by atoms with E-state index in [1.165, 1.54) is 6.08 Å². The number of ether oxygens (including phenoxy) is 2. The van der Waals surface area contributed by atoms with Crippen LogP contribution in [0.3, 0.4) is 0 Å². The number of carboxylic acid groups (broad SMARTS) is 1. The number of amides is 1. The Balaban J connectivity index is 1.64. The minimum Gasteiger partial charge on any atom is -0.494 e. The molecule has 0 spiro atoms. The van der Waals surface area contributed by atoms with E-state index in [0.29, 0.717) is 30.1 Å². The molecule has 0 aliphatic rings. The quantitative estimate of drug-likeness (QED) is 0.500. The second-order valence-corrected chi connectivity index (χ2v) is 6.62. The lowest BCUT2D eigenvalue weighted by Gasteiger charge is -2.09. The summed E-state index contributed by atoms with van der Waals surface area (Å²) in [4.78, 5) is 23.8. The van der Waals surface area contributed by atoms with Crippen molar-refractivity contribution in [3.05, 3.63) is 101 Å². The van der Waals surface area contributed by atoms with Crippen LogP contribution in [0.1, 0.15) is 28.4 Å². The molecule has 3 aromatic rings. The predicted molar refractivity (Wildman–Crippen MR) is 118 cm³/mol. The topological polar surface area (TPSA) is 84.9 Å². The number of hydrogen-bond donors (Lipinski definition) is 2. The molecule has 0 saturated heterocycles. The van der Waals surface area contributed by atoms with Crippen LogP contribution in [0.2, 0.25) is 0 Å². The maximum Gasteiger partial charge on any atom is 0.352 e. The summed E-state index contributed by atoms with van der Waals surface area (Å²) >= 11 is 0. The lowest BCUT2D eigenvalue weighted by atomic mass is 10.1. The standard InChI is InChI=1S/C25H23NO5/c1-2-30-22-10-6-7-19(15-22)17-31-21-13-11-18(12-14-21)16-23(25(28)29)26-24(27)20-8-4-3-5-9-20/h3-16H,2,17H2,1H3,(H,26,27)(H,28,29)/b23-16+. The number of hydrogen-bond acceptors (Lipinski definition) is 4.